The second kappa shape index (κ2) is 9.37. The van der Waals surface area contributed by atoms with Crippen molar-refractivity contribution in [2.24, 2.45) is 0 Å². The molecule has 0 aliphatic heterocycles. The van der Waals surface area contributed by atoms with Gasteiger partial charge in [0.05, 0.1) is 24.8 Å². The molecule has 19 heavy (non-hydrogen) atoms. The van der Waals surface area contributed by atoms with Crippen molar-refractivity contribution in [3.05, 3.63) is 29.8 Å². The first-order valence-corrected chi connectivity index (χ1v) is 6.76. The van der Waals surface area contributed by atoms with Gasteiger partial charge in [-0.05, 0) is 37.6 Å². The molecule has 1 aromatic carbocycles. The van der Waals surface area contributed by atoms with Crippen molar-refractivity contribution in [3.63, 3.8) is 0 Å². The van der Waals surface area contributed by atoms with E-state index in [1.807, 2.05) is 12.1 Å². The fourth-order valence-corrected chi connectivity index (χ4v) is 1.93. The molecule has 4 heteroatoms. The van der Waals surface area contributed by atoms with E-state index in [1.54, 1.807) is 12.1 Å². The van der Waals surface area contributed by atoms with Crippen LogP contribution in [0.2, 0.25) is 0 Å². The van der Waals surface area contributed by atoms with E-state index in [-0.39, 0.29) is 6.61 Å². The van der Waals surface area contributed by atoms with Gasteiger partial charge in [-0.15, -0.1) is 0 Å². The van der Waals surface area contributed by atoms with Crippen LogP contribution >= 0.6 is 0 Å². The van der Waals surface area contributed by atoms with E-state index in [2.05, 4.69) is 17.9 Å². The zero-order chi connectivity index (χ0) is 13.9. The highest BCUT2D eigenvalue weighted by Crippen LogP contribution is 2.12. The molecular formula is C15H22N2O2. The van der Waals surface area contributed by atoms with Gasteiger partial charge >= 0.3 is 0 Å². The van der Waals surface area contributed by atoms with Crippen LogP contribution in [0.5, 0.6) is 5.75 Å². The van der Waals surface area contributed by atoms with Gasteiger partial charge in [-0.3, -0.25) is 0 Å². The highest BCUT2D eigenvalue weighted by atomic mass is 16.5. The molecular weight excluding hydrogens is 240 g/mol. The van der Waals surface area contributed by atoms with E-state index < -0.39 is 0 Å². The quantitative estimate of drug-likeness (QED) is 0.692. The van der Waals surface area contributed by atoms with Gasteiger partial charge < -0.3 is 14.7 Å². The number of rotatable bonds is 9. The first kappa shape index (κ1) is 15.5. The summed E-state index contributed by atoms with van der Waals surface area (Å²) < 4.78 is 5.61. The van der Waals surface area contributed by atoms with Crippen LogP contribution in [0.3, 0.4) is 0 Å². The summed E-state index contributed by atoms with van der Waals surface area (Å²) in [5.74, 6) is 0.739. The molecule has 0 heterocycles. The Morgan fingerprint density at radius 2 is 2.16 bits per heavy atom. The van der Waals surface area contributed by atoms with E-state index in [4.69, 9.17) is 15.1 Å². The molecule has 0 saturated carbocycles. The lowest BCUT2D eigenvalue weighted by Gasteiger charge is -2.20. The fourth-order valence-electron chi connectivity index (χ4n) is 1.93. The second-order valence-corrected chi connectivity index (χ2v) is 4.41. The molecule has 0 atom stereocenters. The molecule has 4 nitrogen and oxygen atoms in total. The molecule has 0 aliphatic rings. The zero-order valence-electron chi connectivity index (χ0n) is 11.5. The Morgan fingerprint density at radius 1 is 1.32 bits per heavy atom. The predicted octanol–water partition coefficient (Wildman–Crippen LogP) is 2.03. The summed E-state index contributed by atoms with van der Waals surface area (Å²) in [6.07, 6.45) is 2.00. The minimum absolute atomic E-state index is 0.199. The van der Waals surface area contributed by atoms with Gasteiger partial charge in [0.1, 0.15) is 5.75 Å². The first-order valence-electron chi connectivity index (χ1n) is 6.76. The average molecular weight is 262 g/mol. The molecule has 0 fully saturated rings. The number of aliphatic hydroxyl groups excluding tert-OH is 1. The summed E-state index contributed by atoms with van der Waals surface area (Å²) in [4.78, 5) is 2.23. The van der Waals surface area contributed by atoms with E-state index in [0.717, 1.165) is 38.2 Å². The van der Waals surface area contributed by atoms with Gasteiger partial charge in [-0.1, -0.05) is 13.0 Å². The molecule has 0 bridgehead atoms. The Morgan fingerprint density at radius 3 is 2.84 bits per heavy atom. The molecule has 0 unspecified atom stereocenters. The normalized spacial score (nSPS) is 10.4. The van der Waals surface area contributed by atoms with E-state index >= 15 is 0 Å². The third-order valence-corrected chi connectivity index (χ3v) is 2.81. The van der Waals surface area contributed by atoms with Crippen LogP contribution in [0.15, 0.2) is 24.3 Å². The van der Waals surface area contributed by atoms with Gasteiger partial charge in [-0.2, -0.15) is 5.26 Å². The van der Waals surface area contributed by atoms with Crippen molar-refractivity contribution >= 4 is 0 Å². The molecule has 0 aliphatic carbocycles. The molecule has 0 saturated heterocycles. The third kappa shape index (κ3) is 6.23. The number of aliphatic hydroxyl groups is 1. The van der Waals surface area contributed by atoms with E-state index in [9.17, 15) is 0 Å². The van der Waals surface area contributed by atoms with Gasteiger partial charge in [0.25, 0.3) is 0 Å². The summed E-state index contributed by atoms with van der Waals surface area (Å²) in [6.45, 7) is 5.61. The molecule has 1 aromatic rings. The summed E-state index contributed by atoms with van der Waals surface area (Å²) >= 11 is 0. The van der Waals surface area contributed by atoms with Gasteiger partial charge in [0.15, 0.2) is 0 Å². The Hall–Kier alpha value is -1.57. The van der Waals surface area contributed by atoms with E-state index in [1.165, 1.54) is 0 Å². The second-order valence-electron chi connectivity index (χ2n) is 4.41. The maximum Gasteiger partial charge on any atom is 0.120 e. The maximum absolute atomic E-state index is 8.95. The number of benzene rings is 1. The molecule has 0 amide bonds. The van der Waals surface area contributed by atoms with Crippen molar-refractivity contribution in [2.75, 3.05) is 32.8 Å². The largest absolute Gasteiger partial charge is 0.494 e. The minimum atomic E-state index is 0.199. The molecule has 104 valence electrons. The van der Waals surface area contributed by atoms with E-state index in [0.29, 0.717) is 12.2 Å². The van der Waals surface area contributed by atoms with Crippen LogP contribution in [-0.4, -0.2) is 42.9 Å². The summed E-state index contributed by atoms with van der Waals surface area (Å²) in [6, 6.07) is 9.28. The minimum Gasteiger partial charge on any atom is -0.494 e. The summed E-state index contributed by atoms with van der Waals surface area (Å²) in [5.41, 5.74) is 0.616. The van der Waals surface area contributed by atoms with Crippen LogP contribution in [0.25, 0.3) is 0 Å². The summed E-state index contributed by atoms with van der Waals surface area (Å²) in [5, 5.41) is 17.7. The lowest BCUT2D eigenvalue weighted by atomic mass is 10.2. The number of ether oxygens (including phenoxy) is 1. The Bertz CT molecular complexity index is 395. The first-order chi connectivity index (χ1) is 9.30. The fraction of sp³-hybridized carbons (Fsp3) is 0.533. The Kier molecular flexibility index (Phi) is 7.64. The monoisotopic (exact) mass is 262 g/mol. The number of nitrogens with zero attached hydrogens (tertiary/aromatic N) is 2. The van der Waals surface area contributed by atoms with Gasteiger partial charge in [0, 0.05) is 13.1 Å². The summed E-state index contributed by atoms with van der Waals surface area (Å²) in [7, 11) is 0. The van der Waals surface area contributed by atoms with Crippen molar-refractivity contribution in [1.29, 1.82) is 5.26 Å². The molecule has 0 aromatic heterocycles. The number of hydrogen-bond acceptors (Lipinski definition) is 4. The lowest BCUT2D eigenvalue weighted by molar-refractivity contribution is 0.183. The van der Waals surface area contributed by atoms with Crippen molar-refractivity contribution < 1.29 is 9.84 Å². The topological polar surface area (TPSA) is 56.5 Å². The Balaban J connectivity index is 2.27. The standard InChI is InChI=1S/C15H22N2O2/c1-2-7-17(9-10-18)8-4-11-19-15-6-3-5-14(12-15)13-16/h3,5-6,12,18H,2,4,7-11H2,1H3. The van der Waals surface area contributed by atoms with Gasteiger partial charge in [-0.25, -0.2) is 0 Å². The smallest absolute Gasteiger partial charge is 0.120 e. The maximum atomic E-state index is 8.95. The number of hydrogen-bond donors (Lipinski definition) is 1. The molecule has 0 spiro atoms. The highest BCUT2D eigenvalue weighted by Gasteiger charge is 2.03. The predicted molar refractivity (Wildman–Crippen MR) is 75.1 cm³/mol. The van der Waals surface area contributed by atoms with Crippen LogP contribution in [0.1, 0.15) is 25.3 Å². The SMILES string of the molecule is CCCN(CCO)CCCOc1cccc(C#N)c1. The molecule has 0 radical (unpaired) electrons. The van der Waals surface area contributed by atoms with Crippen LogP contribution in [0.4, 0.5) is 0 Å². The van der Waals surface area contributed by atoms with Crippen LogP contribution in [-0.2, 0) is 0 Å². The van der Waals surface area contributed by atoms with Crippen molar-refractivity contribution in [2.45, 2.75) is 19.8 Å². The number of nitriles is 1. The van der Waals surface area contributed by atoms with Crippen molar-refractivity contribution in [3.8, 4) is 11.8 Å². The zero-order valence-corrected chi connectivity index (χ0v) is 11.5. The average Bonchev–Trinajstić information content (AvgIpc) is 2.44. The Labute approximate surface area is 115 Å². The lowest BCUT2D eigenvalue weighted by Crippen LogP contribution is -2.29. The van der Waals surface area contributed by atoms with Gasteiger partial charge in [0.2, 0.25) is 0 Å². The third-order valence-electron chi connectivity index (χ3n) is 2.81. The van der Waals surface area contributed by atoms with Crippen molar-refractivity contribution in [1.82, 2.24) is 4.90 Å². The van der Waals surface area contributed by atoms with Crippen LogP contribution < -0.4 is 4.74 Å². The molecule has 1 rings (SSSR count). The molecule has 1 N–H and O–H groups in total. The highest BCUT2D eigenvalue weighted by molar-refractivity contribution is 5.36. The van der Waals surface area contributed by atoms with Crippen LogP contribution in [0, 0.1) is 11.3 Å².